The first kappa shape index (κ1) is 16.4. The van der Waals surface area contributed by atoms with Gasteiger partial charge in [0.05, 0.1) is 19.5 Å². The summed E-state index contributed by atoms with van der Waals surface area (Å²) in [5.41, 5.74) is 3.15. The third-order valence-corrected chi connectivity index (χ3v) is 4.09. The van der Waals surface area contributed by atoms with E-state index in [1.807, 2.05) is 23.1 Å². The number of methoxy groups -OCH3 is 1. The average molecular weight is 325 g/mol. The molecule has 3 aromatic heterocycles. The summed E-state index contributed by atoms with van der Waals surface area (Å²) in [6.07, 6.45) is 7.30. The molecule has 126 valence electrons. The second-order valence-corrected chi connectivity index (χ2v) is 6.16. The summed E-state index contributed by atoms with van der Waals surface area (Å²) < 4.78 is 7.32. The summed E-state index contributed by atoms with van der Waals surface area (Å²) in [5.74, 6) is 0.796. The molecule has 0 aromatic carbocycles. The van der Waals surface area contributed by atoms with Gasteiger partial charge in [-0.05, 0) is 38.5 Å². The van der Waals surface area contributed by atoms with E-state index in [1.54, 1.807) is 19.5 Å². The number of rotatable bonds is 6. The van der Waals surface area contributed by atoms with Crippen LogP contribution in [0.1, 0.15) is 44.0 Å². The van der Waals surface area contributed by atoms with Crippen LogP contribution in [0.25, 0.3) is 11.0 Å². The largest absolute Gasteiger partial charge is 0.495 e. The Labute approximate surface area is 141 Å². The number of nitrogens with one attached hydrogen (secondary N) is 1. The summed E-state index contributed by atoms with van der Waals surface area (Å²) in [6, 6.07) is 4.57. The number of hydrogen-bond donors (Lipinski definition) is 1. The SMILES string of the molecule is COc1cnccc1C(C)NCc1cnc2c(cnn2C(C)C)c1. The van der Waals surface area contributed by atoms with E-state index in [2.05, 4.69) is 47.2 Å². The lowest BCUT2D eigenvalue weighted by Gasteiger charge is -2.17. The highest BCUT2D eigenvalue weighted by Gasteiger charge is 2.12. The molecule has 1 atom stereocenters. The molecule has 3 rings (SSSR count). The standard InChI is InChI=1S/C18H23N5O/c1-12(2)23-18-15(10-22-23)7-14(9-21-18)8-20-13(3)16-5-6-19-11-17(16)24-4/h5-7,9-13,20H,8H2,1-4H3. The molecule has 0 saturated carbocycles. The monoisotopic (exact) mass is 325 g/mol. The Morgan fingerprint density at radius 1 is 1.21 bits per heavy atom. The van der Waals surface area contributed by atoms with Crippen LogP contribution in [-0.2, 0) is 6.54 Å². The van der Waals surface area contributed by atoms with Crippen molar-refractivity contribution in [2.24, 2.45) is 0 Å². The molecule has 6 heteroatoms. The van der Waals surface area contributed by atoms with Gasteiger partial charge >= 0.3 is 0 Å². The van der Waals surface area contributed by atoms with Crippen molar-refractivity contribution in [1.82, 2.24) is 25.1 Å². The Morgan fingerprint density at radius 3 is 2.79 bits per heavy atom. The number of aromatic nitrogens is 4. The zero-order valence-electron chi connectivity index (χ0n) is 14.5. The fourth-order valence-electron chi connectivity index (χ4n) is 2.76. The summed E-state index contributed by atoms with van der Waals surface area (Å²) in [4.78, 5) is 8.67. The molecule has 1 unspecified atom stereocenters. The molecule has 0 radical (unpaired) electrons. The zero-order chi connectivity index (χ0) is 17.1. The lowest BCUT2D eigenvalue weighted by molar-refractivity contribution is 0.399. The van der Waals surface area contributed by atoms with Crippen LogP contribution >= 0.6 is 0 Å². The van der Waals surface area contributed by atoms with Gasteiger partial charge in [-0.3, -0.25) is 4.98 Å². The van der Waals surface area contributed by atoms with Crippen LogP contribution in [-0.4, -0.2) is 26.9 Å². The minimum atomic E-state index is 0.150. The first-order valence-corrected chi connectivity index (χ1v) is 8.13. The topological polar surface area (TPSA) is 64.9 Å². The molecule has 0 fully saturated rings. The van der Waals surface area contributed by atoms with E-state index >= 15 is 0 Å². The van der Waals surface area contributed by atoms with E-state index in [4.69, 9.17) is 4.74 Å². The van der Waals surface area contributed by atoms with Gasteiger partial charge in [0.25, 0.3) is 0 Å². The highest BCUT2D eigenvalue weighted by Crippen LogP contribution is 2.24. The van der Waals surface area contributed by atoms with Gasteiger partial charge in [0.15, 0.2) is 5.65 Å². The molecular weight excluding hydrogens is 302 g/mol. The molecule has 3 aromatic rings. The third-order valence-electron chi connectivity index (χ3n) is 4.09. The Hall–Kier alpha value is -2.47. The zero-order valence-corrected chi connectivity index (χ0v) is 14.5. The fourth-order valence-corrected chi connectivity index (χ4v) is 2.76. The Kier molecular flexibility index (Phi) is 4.76. The number of pyridine rings is 2. The molecule has 1 N–H and O–H groups in total. The molecule has 0 aliphatic heterocycles. The van der Waals surface area contributed by atoms with Gasteiger partial charge in [0.2, 0.25) is 0 Å². The third kappa shape index (κ3) is 3.23. The average Bonchev–Trinajstić information content (AvgIpc) is 3.03. The maximum atomic E-state index is 5.38. The smallest absolute Gasteiger partial charge is 0.157 e. The van der Waals surface area contributed by atoms with Gasteiger partial charge in [-0.25, -0.2) is 9.67 Å². The molecule has 0 saturated heterocycles. The maximum absolute atomic E-state index is 5.38. The van der Waals surface area contributed by atoms with Crippen molar-refractivity contribution in [3.8, 4) is 5.75 Å². The van der Waals surface area contributed by atoms with E-state index in [9.17, 15) is 0 Å². The maximum Gasteiger partial charge on any atom is 0.157 e. The molecule has 3 heterocycles. The molecular formula is C18H23N5O. The predicted octanol–water partition coefficient (Wildman–Crippen LogP) is 3.27. The predicted molar refractivity (Wildman–Crippen MR) is 94.0 cm³/mol. The van der Waals surface area contributed by atoms with Crippen molar-refractivity contribution in [2.45, 2.75) is 39.4 Å². The van der Waals surface area contributed by atoms with Gasteiger partial charge < -0.3 is 10.1 Å². The molecule has 0 spiro atoms. The molecule has 6 nitrogen and oxygen atoms in total. The quantitative estimate of drug-likeness (QED) is 0.753. The Bertz CT molecular complexity index is 827. The van der Waals surface area contributed by atoms with E-state index in [0.29, 0.717) is 6.04 Å². The van der Waals surface area contributed by atoms with E-state index in [1.165, 1.54) is 0 Å². The van der Waals surface area contributed by atoms with Crippen molar-refractivity contribution in [3.63, 3.8) is 0 Å². The van der Waals surface area contributed by atoms with Gasteiger partial charge in [-0.1, -0.05) is 0 Å². The van der Waals surface area contributed by atoms with Crippen LogP contribution in [0, 0.1) is 0 Å². The second kappa shape index (κ2) is 6.97. The van der Waals surface area contributed by atoms with Crippen molar-refractivity contribution < 1.29 is 4.74 Å². The lowest BCUT2D eigenvalue weighted by atomic mass is 10.1. The van der Waals surface area contributed by atoms with Crippen molar-refractivity contribution in [1.29, 1.82) is 0 Å². The van der Waals surface area contributed by atoms with Crippen LogP contribution in [0.15, 0.2) is 36.9 Å². The van der Waals surface area contributed by atoms with Crippen LogP contribution in [0.5, 0.6) is 5.75 Å². The van der Waals surface area contributed by atoms with Crippen LogP contribution in [0.2, 0.25) is 0 Å². The number of ether oxygens (including phenoxy) is 1. The minimum Gasteiger partial charge on any atom is -0.495 e. The van der Waals surface area contributed by atoms with Crippen molar-refractivity contribution in [3.05, 3.63) is 48.0 Å². The summed E-state index contributed by atoms with van der Waals surface area (Å²) in [6.45, 7) is 7.05. The fraction of sp³-hybridized carbons (Fsp3) is 0.389. The van der Waals surface area contributed by atoms with Crippen molar-refractivity contribution in [2.75, 3.05) is 7.11 Å². The van der Waals surface area contributed by atoms with E-state index in [0.717, 1.165) is 34.5 Å². The van der Waals surface area contributed by atoms with Crippen LogP contribution < -0.4 is 10.1 Å². The van der Waals surface area contributed by atoms with Gasteiger partial charge in [-0.2, -0.15) is 5.10 Å². The molecule has 0 bridgehead atoms. The number of nitrogens with zero attached hydrogens (tertiary/aromatic N) is 4. The molecule has 0 amide bonds. The first-order chi connectivity index (χ1) is 11.6. The minimum absolute atomic E-state index is 0.150. The van der Waals surface area contributed by atoms with Gasteiger partial charge in [0.1, 0.15) is 5.75 Å². The van der Waals surface area contributed by atoms with E-state index in [-0.39, 0.29) is 6.04 Å². The normalized spacial score (nSPS) is 12.7. The van der Waals surface area contributed by atoms with E-state index < -0.39 is 0 Å². The number of fused-ring (bicyclic) bond motifs is 1. The highest BCUT2D eigenvalue weighted by molar-refractivity contribution is 5.75. The lowest BCUT2D eigenvalue weighted by Crippen LogP contribution is -2.19. The summed E-state index contributed by atoms with van der Waals surface area (Å²) >= 11 is 0. The molecule has 0 aliphatic carbocycles. The second-order valence-electron chi connectivity index (χ2n) is 6.16. The van der Waals surface area contributed by atoms with Crippen molar-refractivity contribution >= 4 is 11.0 Å². The summed E-state index contributed by atoms with van der Waals surface area (Å²) in [7, 11) is 1.66. The number of hydrogen-bond acceptors (Lipinski definition) is 5. The Balaban J connectivity index is 1.73. The Morgan fingerprint density at radius 2 is 2.04 bits per heavy atom. The van der Waals surface area contributed by atoms with Crippen LogP contribution in [0.4, 0.5) is 0 Å². The first-order valence-electron chi connectivity index (χ1n) is 8.13. The van der Waals surface area contributed by atoms with Gasteiger partial charge in [0, 0.05) is 42.0 Å². The summed E-state index contributed by atoms with van der Waals surface area (Å²) in [5, 5.41) is 8.99. The highest BCUT2D eigenvalue weighted by atomic mass is 16.5. The van der Waals surface area contributed by atoms with Crippen LogP contribution in [0.3, 0.4) is 0 Å². The molecule has 24 heavy (non-hydrogen) atoms. The molecule has 0 aliphatic rings. The van der Waals surface area contributed by atoms with Gasteiger partial charge in [-0.15, -0.1) is 0 Å².